The molecule has 4 fully saturated rings. The Morgan fingerprint density at radius 2 is 1.83 bits per heavy atom. The SMILES string of the molecule is C=CCONCC[C@@H](C)[C@H]1CC[C@H]2[C@@H]3CC[C@@H]4C[C@H](O)CC[C@]4(C)[C@H]3CC[C@]12C. The predicted molar refractivity (Wildman–Crippen MR) is 119 cm³/mol. The van der Waals surface area contributed by atoms with Gasteiger partial charge in [-0.2, -0.15) is 0 Å². The van der Waals surface area contributed by atoms with Crippen molar-refractivity contribution in [1.82, 2.24) is 5.48 Å². The quantitative estimate of drug-likeness (QED) is 0.323. The molecule has 29 heavy (non-hydrogen) atoms. The van der Waals surface area contributed by atoms with E-state index in [1.807, 2.05) is 0 Å². The molecule has 9 atom stereocenters. The van der Waals surface area contributed by atoms with Crippen LogP contribution in [0.25, 0.3) is 0 Å². The van der Waals surface area contributed by atoms with Gasteiger partial charge in [-0.1, -0.05) is 26.8 Å². The summed E-state index contributed by atoms with van der Waals surface area (Å²) < 4.78 is 0. The first-order chi connectivity index (χ1) is 13.9. The summed E-state index contributed by atoms with van der Waals surface area (Å²) in [7, 11) is 0. The second kappa shape index (κ2) is 8.63. The van der Waals surface area contributed by atoms with Gasteiger partial charge in [0.1, 0.15) is 0 Å². The number of hydroxylamine groups is 1. The maximum absolute atomic E-state index is 10.2. The summed E-state index contributed by atoms with van der Waals surface area (Å²) in [5.41, 5.74) is 4.16. The molecule has 0 bridgehead atoms. The van der Waals surface area contributed by atoms with E-state index >= 15 is 0 Å². The molecule has 0 aliphatic heterocycles. The highest BCUT2D eigenvalue weighted by Gasteiger charge is 2.60. The molecular weight excluding hydrogens is 358 g/mol. The van der Waals surface area contributed by atoms with Gasteiger partial charge in [0.05, 0.1) is 12.7 Å². The molecule has 0 amide bonds. The van der Waals surface area contributed by atoms with E-state index in [4.69, 9.17) is 4.84 Å². The van der Waals surface area contributed by atoms with E-state index in [-0.39, 0.29) is 6.10 Å². The number of fused-ring (bicyclic) bond motifs is 5. The highest BCUT2D eigenvalue weighted by Crippen LogP contribution is 2.68. The molecular formula is C26H45NO2. The summed E-state index contributed by atoms with van der Waals surface area (Å²) in [6.07, 6.45) is 14.9. The molecule has 4 rings (SSSR count). The molecule has 4 aliphatic carbocycles. The molecule has 2 N–H and O–H groups in total. The first kappa shape index (κ1) is 21.8. The van der Waals surface area contributed by atoms with Crippen molar-refractivity contribution in [3.8, 4) is 0 Å². The molecule has 0 radical (unpaired) electrons. The van der Waals surface area contributed by atoms with Crippen LogP contribution < -0.4 is 5.48 Å². The topological polar surface area (TPSA) is 41.5 Å². The maximum atomic E-state index is 10.2. The maximum Gasteiger partial charge on any atom is 0.0861 e. The third-order valence-electron chi connectivity index (χ3n) is 10.4. The van der Waals surface area contributed by atoms with Gasteiger partial charge >= 0.3 is 0 Å². The molecule has 0 spiro atoms. The Labute approximate surface area is 179 Å². The molecule has 4 saturated carbocycles. The number of hydrogen-bond acceptors (Lipinski definition) is 3. The average molecular weight is 404 g/mol. The molecule has 3 nitrogen and oxygen atoms in total. The zero-order valence-corrected chi connectivity index (χ0v) is 19.2. The summed E-state index contributed by atoms with van der Waals surface area (Å²) in [5, 5.41) is 10.2. The first-order valence-corrected chi connectivity index (χ1v) is 12.5. The van der Waals surface area contributed by atoms with Crippen molar-refractivity contribution in [1.29, 1.82) is 0 Å². The lowest BCUT2D eigenvalue weighted by atomic mass is 9.44. The molecule has 166 valence electrons. The van der Waals surface area contributed by atoms with Crippen LogP contribution >= 0.6 is 0 Å². The van der Waals surface area contributed by atoms with Crippen LogP contribution in [-0.4, -0.2) is 24.4 Å². The summed E-state index contributed by atoms with van der Waals surface area (Å²) in [4.78, 5) is 5.38. The number of aliphatic hydroxyl groups is 1. The molecule has 0 heterocycles. The van der Waals surface area contributed by atoms with E-state index in [0.29, 0.717) is 17.4 Å². The fourth-order valence-electron chi connectivity index (χ4n) is 8.89. The van der Waals surface area contributed by atoms with Gasteiger partial charge in [0, 0.05) is 6.54 Å². The molecule has 3 heteroatoms. The summed E-state index contributed by atoms with van der Waals surface area (Å²) in [6.45, 7) is 13.0. The number of nitrogens with one attached hydrogen (secondary N) is 1. The normalized spacial score (nSPS) is 47.7. The molecule has 0 saturated heterocycles. The van der Waals surface area contributed by atoms with Gasteiger partial charge in [0.15, 0.2) is 0 Å². The van der Waals surface area contributed by atoms with Gasteiger partial charge in [-0.3, -0.25) is 4.84 Å². The number of aliphatic hydroxyl groups excluding tert-OH is 1. The van der Waals surface area contributed by atoms with Gasteiger partial charge in [0.2, 0.25) is 0 Å². The van der Waals surface area contributed by atoms with Crippen LogP contribution in [0.2, 0.25) is 0 Å². The van der Waals surface area contributed by atoms with E-state index in [0.717, 1.165) is 54.9 Å². The van der Waals surface area contributed by atoms with Crippen LogP contribution in [0.1, 0.15) is 85.0 Å². The Hall–Kier alpha value is -0.380. The highest BCUT2D eigenvalue weighted by atomic mass is 16.6. The fourth-order valence-corrected chi connectivity index (χ4v) is 8.89. The van der Waals surface area contributed by atoms with E-state index in [1.54, 1.807) is 6.08 Å². The average Bonchev–Trinajstić information content (AvgIpc) is 3.05. The van der Waals surface area contributed by atoms with Gasteiger partial charge in [-0.05, 0) is 111 Å². The molecule has 0 aromatic heterocycles. The van der Waals surface area contributed by atoms with Crippen molar-refractivity contribution in [2.45, 2.75) is 91.1 Å². The van der Waals surface area contributed by atoms with E-state index in [2.05, 4.69) is 32.8 Å². The van der Waals surface area contributed by atoms with E-state index < -0.39 is 0 Å². The fraction of sp³-hybridized carbons (Fsp3) is 0.923. The minimum absolute atomic E-state index is 0.0285. The Morgan fingerprint density at radius 1 is 1.07 bits per heavy atom. The van der Waals surface area contributed by atoms with Gasteiger partial charge < -0.3 is 5.11 Å². The van der Waals surface area contributed by atoms with Crippen molar-refractivity contribution in [2.24, 2.45) is 46.3 Å². The van der Waals surface area contributed by atoms with Gasteiger partial charge in [-0.15, -0.1) is 6.58 Å². The Balaban J connectivity index is 1.41. The first-order valence-electron chi connectivity index (χ1n) is 12.5. The van der Waals surface area contributed by atoms with Crippen LogP contribution in [0.4, 0.5) is 0 Å². The minimum atomic E-state index is -0.0285. The highest BCUT2D eigenvalue weighted by molar-refractivity contribution is 5.09. The monoisotopic (exact) mass is 403 g/mol. The van der Waals surface area contributed by atoms with Crippen LogP contribution in [0.5, 0.6) is 0 Å². The summed E-state index contributed by atoms with van der Waals surface area (Å²) in [6, 6.07) is 0. The lowest BCUT2D eigenvalue weighted by Gasteiger charge is -2.61. The van der Waals surface area contributed by atoms with Crippen molar-refractivity contribution >= 4 is 0 Å². The van der Waals surface area contributed by atoms with E-state index in [9.17, 15) is 5.11 Å². The van der Waals surface area contributed by atoms with Crippen LogP contribution in [-0.2, 0) is 4.84 Å². The van der Waals surface area contributed by atoms with Crippen LogP contribution in [0.3, 0.4) is 0 Å². The second-order valence-electron chi connectivity index (χ2n) is 11.6. The van der Waals surface area contributed by atoms with E-state index in [1.165, 1.54) is 51.4 Å². The lowest BCUT2D eigenvalue weighted by molar-refractivity contribution is -0.129. The number of rotatable bonds is 7. The largest absolute Gasteiger partial charge is 0.393 e. The zero-order valence-electron chi connectivity index (χ0n) is 19.2. The summed E-state index contributed by atoms with van der Waals surface area (Å²) in [5.74, 6) is 5.19. The molecule has 4 aliphatic rings. The number of hydrogen-bond donors (Lipinski definition) is 2. The minimum Gasteiger partial charge on any atom is -0.393 e. The molecule has 0 aromatic carbocycles. The predicted octanol–water partition coefficient (Wildman–Crippen LogP) is 5.74. The third-order valence-corrected chi connectivity index (χ3v) is 10.4. The lowest BCUT2D eigenvalue weighted by Crippen LogP contribution is -2.54. The van der Waals surface area contributed by atoms with Crippen LogP contribution in [0, 0.1) is 46.3 Å². The molecule has 0 unspecified atom stereocenters. The Bertz CT molecular complexity index is 579. The van der Waals surface area contributed by atoms with Crippen molar-refractivity contribution in [2.75, 3.05) is 13.2 Å². The van der Waals surface area contributed by atoms with Crippen LogP contribution in [0.15, 0.2) is 12.7 Å². The summed E-state index contributed by atoms with van der Waals surface area (Å²) >= 11 is 0. The van der Waals surface area contributed by atoms with Crippen molar-refractivity contribution in [3.63, 3.8) is 0 Å². The van der Waals surface area contributed by atoms with Gasteiger partial charge in [0.25, 0.3) is 0 Å². The van der Waals surface area contributed by atoms with Crippen molar-refractivity contribution in [3.05, 3.63) is 12.7 Å². The standard InChI is InChI=1S/C26H45NO2/c1-5-16-29-27-15-12-18(2)22-8-9-23-21-7-6-19-17-20(28)10-13-25(19,3)24(21)11-14-26(22,23)4/h5,18-24,27-28H,1,6-17H2,2-4H3/t18-,19-,20-,21+,22-,23+,24+,25+,26-/m1/s1. The second-order valence-corrected chi connectivity index (χ2v) is 11.6. The zero-order chi connectivity index (χ0) is 20.6. The smallest absolute Gasteiger partial charge is 0.0861 e. The van der Waals surface area contributed by atoms with Gasteiger partial charge in [-0.25, -0.2) is 5.48 Å². The third kappa shape index (κ3) is 3.85. The van der Waals surface area contributed by atoms with Crippen molar-refractivity contribution < 1.29 is 9.94 Å². The Kier molecular flexibility index (Phi) is 6.50. The Morgan fingerprint density at radius 3 is 2.62 bits per heavy atom. The molecule has 0 aromatic rings.